The van der Waals surface area contributed by atoms with E-state index in [1.807, 2.05) is 24.4 Å². The molecule has 4 rings (SSSR count). The van der Waals surface area contributed by atoms with Crippen LogP contribution >= 0.6 is 0 Å². The van der Waals surface area contributed by atoms with Gasteiger partial charge in [0.15, 0.2) is 0 Å². The topological polar surface area (TPSA) is 40.8 Å². The fraction of sp³-hybridized carbons (Fsp3) is 0.350. The molecule has 0 bridgehead atoms. The molecule has 0 fully saturated rings. The van der Waals surface area contributed by atoms with Crippen LogP contribution in [0.4, 0.5) is 0 Å². The highest BCUT2D eigenvalue weighted by molar-refractivity contribution is 5.40. The van der Waals surface area contributed by atoms with Gasteiger partial charge < -0.3 is 9.51 Å². The SMILES string of the molecule is OCCCN(Cc1cnc2ccccn12)C1CCc2ccccc21. The van der Waals surface area contributed by atoms with Crippen LogP contribution in [0.25, 0.3) is 5.65 Å². The van der Waals surface area contributed by atoms with Crippen LogP contribution in [-0.4, -0.2) is 32.5 Å². The molecule has 1 aliphatic carbocycles. The third-order valence-electron chi connectivity index (χ3n) is 5.00. The standard InChI is InChI=1S/C20H23N3O/c24-13-5-11-22(19-10-9-16-6-1-2-7-18(16)19)15-17-14-21-20-8-3-4-12-23(17)20/h1-4,6-8,12,14,19,24H,5,9-11,13,15H2. The molecule has 124 valence electrons. The molecule has 2 heterocycles. The van der Waals surface area contributed by atoms with Crippen molar-refractivity contribution in [1.82, 2.24) is 14.3 Å². The van der Waals surface area contributed by atoms with Crippen molar-refractivity contribution in [2.75, 3.05) is 13.2 Å². The molecule has 0 radical (unpaired) electrons. The maximum Gasteiger partial charge on any atom is 0.136 e. The van der Waals surface area contributed by atoms with Crippen LogP contribution in [0.1, 0.15) is 35.7 Å². The fourth-order valence-corrected chi connectivity index (χ4v) is 3.84. The van der Waals surface area contributed by atoms with Crippen molar-refractivity contribution in [2.24, 2.45) is 0 Å². The Balaban J connectivity index is 1.63. The summed E-state index contributed by atoms with van der Waals surface area (Å²) in [5, 5.41) is 9.31. The minimum Gasteiger partial charge on any atom is -0.396 e. The van der Waals surface area contributed by atoms with Crippen LogP contribution in [0, 0.1) is 0 Å². The number of benzene rings is 1. The van der Waals surface area contributed by atoms with Gasteiger partial charge in [0.25, 0.3) is 0 Å². The molecule has 4 nitrogen and oxygen atoms in total. The first-order valence-electron chi connectivity index (χ1n) is 8.70. The lowest BCUT2D eigenvalue weighted by Crippen LogP contribution is -2.29. The van der Waals surface area contributed by atoms with Crippen molar-refractivity contribution in [3.63, 3.8) is 0 Å². The molecule has 1 aromatic carbocycles. The van der Waals surface area contributed by atoms with Crippen LogP contribution in [0.5, 0.6) is 0 Å². The van der Waals surface area contributed by atoms with E-state index in [2.05, 4.69) is 44.7 Å². The summed E-state index contributed by atoms with van der Waals surface area (Å²) in [5.41, 5.74) is 5.10. The number of aliphatic hydroxyl groups excluding tert-OH is 1. The summed E-state index contributed by atoms with van der Waals surface area (Å²) in [6.45, 7) is 1.98. The van der Waals surface area contributed by atoms with Gasteiger partial charge >= 0.3 is 0 Å². The van der Waals surface area contributed by atoms with E-state index in [4.69, 9.17) is 0 Å². The number of pyridine rings is 1. The summed E-state index contributed by atoms with van der Waals surface area (Å²) in [6, 6.07) is 15.3. The van der Waals surface area contributed by atoms with E-state index in [0.717, 1.165) is 38.0 Å². The highest BCUT2D eigenvalue weighted by Crippen LogP contribution is 2.36. The highest BCUT2D eigenvalue weighted by atomic mass is 16.3. The normalized spacial score (nSPS) is 16.8. The van der Waals surface area contributed by atoms with E-state index in [0.29, 0.717) is 6.04 Å². The number of fused-ring (bicyclic) bond motifs is 2. The Bertz CT molecular complexity index is 826. The second-order valence-electron chi connectivity index (χ2n) is 6.48. The van der Waals surface area contributed by atoms with E-state index in [-0.39, 0.29) is 6.61 Å². The van der Waals surface area contributed by atoms with Crippen molar-refractivity contribution in [3.8, 4) is 0 Å². The molecule has 0 amide bonds. The maximum absolute atomic E-state index is 9.31. The Labute approximate surface area is 142 Å². The average Bonchev–Trinajstić information content (AvgIpc) is 3.23. The lowest BCUT2D eigenvalue weighted by Gasteiger charge is -2.29. The van der Waals surface area contributed by atoms with Crippen molar-refractivity contribution in [2.45, 2.75) is 31.8 Å². The summed E-state index contributed by atoms with van der Waals surface area (Å²) in [7, 11) is 0. The van der Waals surface area contributed by atoms with Crippen LogP contribution in [-0.2, 0) is 13.0 Å². The molecule has 4 heteroatoms. The van der Waals surface area contributed by atoms with Gasteiger partial charge in [0, 0.05) is 31.9 Å². The van der Waals surface area contributed by atoms with Crippen molar-refractivity contribution < 1.29 is 5.11 Å². The van der Waals surface area contributed by atoms with Crippen molar-refractivity contribution in [3.05, 3.63) is 71.7 Å². The number of aliphatic hydroxyl groups is 1. The number of nitrogens with zero attached hydrogens (tertiary/aromatic N) is 3. The number of rotatable bonds is 6. The molecule has 0 saturated heterocycles. The van der Waals surface area contributed by atoms with E-state index in [1.54, 1.807) is 0 Å². The number of aryl methyl sites for hydroxylation is 1. The first-order chi connectivity index (χ1) is 11.9. The van der Waals surface area contributed by atoms with Crippen LogP contribution < -0.4 is 0 Å². The Morgan fingerprint density at radius 3 is 2.96 bits per heavy atom. The second kappa shape index (κ2) is 6.75. The molecule has 1 unspecified atom stereocenters. The van der Waals surface area contributed by atoms with Gasteiger partial charge in [-0.15, -0.1) is 0 Å². The highest BCUT2D eigenvalue weighted by Gasteiger charge is 2.27. The van der Waals surface area contributed by atoms with Gasteiger partial charge in [0.1, 0.15) is 5.65 Å². The number of hydrogen-bond acceptors (Lipinski definition) is 3. The summed E-state index contributed by atoms with van der Waals surface area (Å²) in [4.78, 5) is 7.01. The minimum atomic E-state index is 0.234. The predicted molar refractivity (Wildman–Crippen MR) is 94.8 cm³/mol. The van der Waals surface area contributed by atoms with Gasteiger partial charge in [0.05, 0.1) is 11.9 Å². The van der Waals surface area contributed by atoms with Gasteiger partial charge in [-0.3, -0.25) is 4.90 Å². The van der Waals surface area contributed by atoms with E-state index < -0.39 is 0 Å². The van der Waals surface area contributed by atoms with Gasteiger partial charge in [-0.05, 0) is 42.5 Å². The molecule has 2 aromatic heterocycles. The number of hydrogen-bond donors (Lipinski definition) is 1. The zero-order valence-corrected chi connectivity index (χ0v) is 13.8. The molecule has 0 spiro atoms. The zero-order chi connectivity index (χ0) is 16.4. The Morgan fingerprint density at radius 1 is 1.17 bits per heavy atom. The predicted octanol–water partition coefficient (Wildman–Crippen LogP) is 3.21. The summed E-state index contributed by atoms with van der Waals surface area (Å²) in [6.07, 6.45) is 7.15. The van der Waals surface area contributed by atoms with E-state index >= 15 is 0 Å². The molecule has 24 heavy (non-hydrogen) atoms. The summed E-state index contributed by atoms with van der Waals surface area (Å²) in [5.74, 6) is 0. The molecular weight excluding hydrogens is 298 g/mol. The molecule has 1 aliphatic rings. The van der Waals surface area contributed by atoms with E-state index in [1.165, 1.54) is 16.8 Å². The van der Waals surface area contributed by atoms with Crippen LogP contribution in [0.15, 0.2) is 54.9 Å². The summed E-state index contributed by atoms with van der Waals surface area (Å²) >= 11 is 0. The number of imidazole rings is 1. The molecule has 0 aliphatic heterocycles. The van der Waals surface area contributed by atoms with Gasteiger partial charge in [-0.2, -0.15) is 0 Å². The lowest BCUT2D eigenvalue weighted by molar-refractivity contribution is 0.163. The third kappa shape index (κ3) is 2.83. The zero-order valence-electron chi connectivity index (χ0n) is 13.8. The Morgan fingerprint density at radius 2 is 2.04 bits per heavy atom. The average molecular weight is 321 g/mol. The Hall–Kier alpha value is -2.17. The van der Waals surface area contributed by atoms with E-state index in [9.17, 15) is 5.11 Å². The third-order valence-corrected chi connectivity index (χ3v) is 5.00. The molecule has 1 N–H and O–H groups in total. The Kier molecular flexibility index (Phi) is 4.32. The molecule has 3 aromatic rings. The number of aromatic nitrogens is 2. The summed E-state index contributed by atoms with van der Waals surface area (Å²) < 4.78 is 2.16. The first kappa shape index (κ1) is 15.4. The maximum atomic E-state index is 9.31. The van der Waals surface area contributed by atoms with Gasteiger partial charge in [0.2, 0.25) is 0 Å². The lowest BCUT2D eigenvalue weighted by atomic mass is 10.1. The second-order valence-corrected chi connectivity index (χ2v) is 6.48. The van der Waals surface area contributed by atoms with Gasteiger partial charge in [-0.25, -0.2) is 4.98 Å². The largest absolute Gasteiger partial charge is 0.396 e. The van der Waals surface area contributed by atoms with Crippen molar-refractivity contribution in [1.29, 1.82) is 0 Å². The molecule has 0 saturated carbocycles. The fourth-order valence-electron chi connectivity index (χ4n) is 3.84. The van der Waals surface area contributed by atoms with Crippen LogP contribution in [0.3, 0.4) is 0 Å². The first-order valence-corrected chi connectivity index (χ1v) is 8.70. The monoisotopic (exact) mass is 321 g/mol. The quantitative estimate of drug-likeness (QED) is 0.758. The molecular formula is C20H23N3O. The van der Waals surface area contributed by atoms with Gasteiger partial charge in [-0.1, -0.05) is 30.3 Å². The minimum absolute atomic E-state index is 0.234. The van der Waals surface area contributed by atoms with Crippen LogP contribution in [0.2, 0.25) is 0 Å². The molecule has 1 atom stereocenters. The smallest absolute Gasteiger partial charge is 0.136 e. The van der Waals surface area contributed by atoms with Crippen molar-refractivity contribution >= 4 is 5.65 Å².